The average molecular weight is 1730 g/mol. The van der Waals surface area contributed by atoms with E-state index in [1.54, 1.807) is 0 Å². The van der Waals surface area contributed by atoms with Gasteiger partial charge in [-0.15, -0.1) is 0 Å². The van der Waals surface area contributed by atoms with Crippen LogP contribution in [0.15, 0.2) is 0 Å². The first-order valence-corrected chi connectivity index (χ1v) is 0. The van der Waals surface area contributed by atoms with Gasteiger partial charge in [-0.25, -0.2) is 0 Å². The molecule has 0 aromatic heterocycles. The van der Waals surface area contributed by atoms with Crippen molar-refractivity contribution >= 4 is 41.3 Å². The Morgan fingerprint density at radius 3 is 1.00 bits per heavy atom. The molecule has 0 spiro atoms. The summed E-state index contributed by atoms with van der Waals surface area (Å²) in [5.74, 6) is 0. The molecule has 128 valence electrons. The molecule has 0 rings (SSSR count). The second-order valence-corrected chi connectivity index (χ2v) is 0. The van der Waals surface area contributed by atoms with E-state index in [2.05, 4.69) is 0 Å². The summed E-state index contributed by atoms with van der Waals surface area (Å²) in [6.45, 7) is 0. The molecule has 0 aliphatic heterocycles. The monoisotopic (exact) mass is 1730 g/mol. The van der Waals surface area contributed by atoms with Crippen molar-refractivity contribution in [1.29, 1.82) is 0 Å². The van der Waals surface area contributed by atoms with E-state index in [0.29, 0.717) is 0 Å². The fourth-order valence-corrected chi connectivity index (χ4v) is 0. The minimum atomic E-state index is 0. The molecule has 0 aliphatic carbocycles. The predicted molar refractivity (Wildman–Crippen MR) is 11.5 cm³/mol. The molecule has 0 atom stereocenters. The van der Waals surface area contributed by atoms with Crippen molar-refractivity contribution in [3.8, 4) is 0 Å². The molecule has 0 aromatic carbocycles. The zero-order valence-electron chi connectivity index (χ0n) is 5.78. The Hall–Kier alpha value is 9.94. The zero-order valence-corrected chi connectivity index (χ0v) is 32.8. The Morgan fingerprint density at radius 1 is 1.00 bits per heavy atom. The number of hydrogen-bond acceptors (Lipinski definition) is 0. The van der Waals surface area contributed by atoms with Crippen LogP contribution in [-0.4, -0.2) is 41.3 Å². The average Bonchev–Trinajstić information content (AvgIpc) is 0. The van der Waals surface area contributed by atoms with Gasteiger partial charge >= 0.3 is 56.8 Å². The Balaban J connectivity index is 0. The van der Waals surface area contributed by atoms with Crippen molar-refractivity contribution in [3.63, 3.8) is 0 Å². The van der Waals surface area contributed by atoms with Gasteiger partial charge in [-0.2, -0.15) is 0 Å². The van der Waals surface area contributed by atoms with Gasteiger partial charge in [-0.3, -0.25) is 0 Å². The van der Waals surface area contributed by atoms with E-state index in [-0.39, 0.29) is 312 Å². The molecule has 0 N–H and O–H groups in total. The number of hydrogen-bond donors (Lipinski definition) is 0. The summed E-state index contributed by atoms with van der Waals surface area (Å²) in [4.78, 5) is 0. The van der Waals surface area contributed by atoms with Gasteiger partial charge in [0.05, 0.1) is 0 Å². The van der Waals surface area contributed by atoms with E-state index in [9.17, 15) is 0 Å². The van der Waals surface area contributed by atoms with Crippen LogP contribution in [-0.2, 0) is 271 Å². The van der Waals surface area contributed by atoms with Crippen LogP contribution in [0.2, 0.25) is 0 Å². The largest absolute Gasteiger partial charge is 3.00 e. The summed E-state index contributed by atoms with van der Waals surface area (Å²) in [6, 6.07) is 0. The molecular formula is AgAlAuCoCuFeIrMnMoNiOsPdPtRhRuSn+6. The summed E-state index contributed by atoms with van der Waals surface area (Å²) in [5.41, 5.74) is 0. The second kappa shape index (κ2) is 145. The summed E-state index contributed by atoms with van der Waals surface area (Å²) in [5, 5.41) is 0. The molecule has 0 saturated heterocycles. The van der Waals surface area contributed by atoms with Crippen LogP contribution in [0, 0.1) is 0 Å². The maximum absolute atomic E-state index is 0. The van der Waals surface area contributed by atoms with Crippen molar-refractivity contribution in [2.45, 2.75) is 0 Å². The molecule has 16 heavy (non-hydrogen) atoms. The van der Waals surface area contributed by atoms with Crippen LogP contribution in [0.4, 0.5) is 0 Å². The molecule has 0 bridgehead atoms. The molecule has 0 fully saturated rings. The van der Waals surface area contributed by atoms with Crippen molar-refractivity contribution in [1.82, 2.24) is 0 Å². The van der Waals surface area contributed by atoms with Gasteiger partial charge in [0.25, 0.3) is 0 Å². The van der Waals surface area contributed by atoms with Crippen LogP contribution in [0.3, 0.4) is 0 Å². The van der Waals surface area contributed by atoms with Gasteiger partial charge in [-0.05, 0) is 0 Å². The molecule has 0 unspecified atom stereocenters. The standard InChI is InChI=1S/Ag.Al.Au.Co.Cu.Fe.Ir.Mn.Mo.Ni.Os.Pd.Pt.Rh.Ru.Sn/q+1;+3;;;+2;;;;;;;;;;;. The minimum absolute atomic E-state index is 0. The van der Waals surface area contributed by atoms with E-state index in [0.717, 1.165) is 0 Å². The first-order valence-electron chi connectivity index (χ1n) is 0. The van der Waals surface area contributed by atoms with Crippen molar-refractivity contribution in [2.24, 2.45) is 0 Å². The van der Waals surface area contributed by atoms with E-state index >= 15 is 0 Å². The first-order chi connectivity index (χ1) is 0. The van der Waals surface area contributed by atoms with Gasteiger partial charge in [0, 0.05) is 255 Å². The third-order valence-corrected chi connectivity index (χ3v) is 0. The van der Waals surface area contributed by atoms with Crippen molar-refractivity contribution in [3.05, 3.63) is 0 Å². The summed E-state index contributed by atoms with van der Waals surface area (Å²) in [6.07, 6.45) is 0. The van der Waals surface area contributed by atoms with E-state index in [1.807, 2.05) is 0 Å². The van der Waals surface area contributed by atoms with Crippen LogP contribution < -0.4 is 0 Å². The molecule has 0 saturated carbocycles. The minimum Gasteiger partial charge on any atom is 0 e. The zero-order chi connectivity index (χ0) is 0. The smallest absolute Gasteiger partial charge is 0 e. The Bertz CT molecular complexity index is 64.0. The molecule has 0 nitrogen and oxygen atoms in total. The van der Waals surface area contributed by atoms with Gasteiger partial charge in [0.1, 0.15) is 0 Å². The van der Waals surface area contributed by atoms with Crippen molar-refractivity contribution < 1.29 is 271 Å². The second-order valence-electron chi connectivity index (χ2n) is 0. The molecular weight excluding hydrogens is 1730 g/mol. The summed E-state index contributed by atoms with van der Waals surface area (Å²) in [7, 11) is 0. The normalized spacial score (nSPS) is 0. The molecule has 0 heterocycles. The van der Waals surface area contributed by atoms with E-state index in [4.69, 9.17) is 0 Å². The topological polar surface area (TPSA) is 0 Å². The first kappa shape index (κ1) is 163. The van der Waals surface area contributed by atoms with Crippen LogP contribution in [0.25, 0.3) is 0 Å². The molecule has 0 aliphatic rings. The maximum Gasteiger partial charge on any atom is 3.00 e. The van der Waals surface area contributed by atoms with E-state index in [1.165, 1.54) is 0 Å². The fraction of sp³-hybridized carbons (Fsp3) is 0. The quantitative estimate of drug-likeness (QED) is 0.280. The van der Waals surface area contributed by atoms with Gasteiger partial charge < -0.3 is 0 Å². The van der Waals surface area contributed by atoms with Gasteiger partial charge in [-0.1, -0.05) is 0 Å². The molecule has 0 aromatic rings. The van der Waals surface area contributed by atoms with Crippen molar-refractivity contribution in [2.75, 3.05) is 0 Å². The van der Waals surface area contributed by atoms with Crippen LogP contribution in [0.5, 0.6) is 0 Å². The predicted octanol–water partition coefficient (Wildman–Crippen LogP) is -0.797. The third-order valence-electron chi connectivity index (χ3n) is 0. The summed E-state index contributed by atoms with van der Waals surface area (Å²) >= 11 is 0. The maximum atomic E-state index is 0. The SMILES string of the molecule is [Ag+].[Al+3].[Au].[Co].[Cu+2].[Fe].[Ir].[Mn].[Mo].[Ni].[Os].[Pd].[Pt].[Rh].[Ru].[Sn]. The summed E-state index contributed by atoms with van der Waals surface area (Å²) < 4.78 is 0. The van der Waals surface area contributed by atoms with Crippen LogP contribution in [0.1, 0.15) is 0 Å². The Labute approximate surface area is 304 Å². The molecule has 16 heteroatoms. The third kappa shape index (κ3) is 127. The van der Waals surface area contributed by atoms with Gasteiger partial charge in [0.2, 0.25) is 0 Å². The van der Waals surface area contributed by atoms with Crippen LogP contribution >= 0.6 is 0 Å². The van der Waals surface area contributed by atoms with E-state index < -0.39 is 0 Å². The van der Waals surface area contributed by atoms with Gasteiger partial charge in [0.15, 0.2) is 0 Å². The fourth-order valence-electron chi connectivity index (χ4n) is 0. The molecule has 0 amide bonds. The molecule has 10 radical (unpaired) electrons. The Kier molecular flexibility index (Phi) is 1480. The Morgan fingerprint density at radius 2 is 1.00 bits per heavy atom. The number of rotatable bonds is 0.